The van der Waals surface area contributed by atoms with Crippen molar-refractivity contribution in [2.75, 3.05) is 30.8 Å². The third kappa shape index (κ3) is 4.12. The molecule has 0 fully saturated rings. The molecule has 0 saturated carbocycles. The fourth-order valence-corrected chi connectivity index (χ4v) is 3.77. The Hall–Kier alpha value is -2.08. The number of nitrogens with zero attached hydrogens (tertiary/aromatic N) is 4. The van der Waals surface area contributed by atoms with Crippen LogP contribution in [-0.2, 0) is 17.8 Å². The molecule has 0 N–H and O–H groups in total. The van der Waals surface area contributed by atoms with Crippen molar-refractivity contribution in [3.8, 4) is 0 Å². The van der Waals surface area contributed by atoms with Crippen molar-refractivity contribution in [2.45, 2.75) is 31.7 Å². The van der Waals surface area contributed by atoms with E-state index < -0.39 is 0 Å². The Morgan fingerprint density at radius 2 is 2.04 bits per heavy atom. The van der Waals surface area contributed by atoms with Gasteiger partial charge in [-0.15, -0.1) is 11.8 Å². The first-order valence-corrected chi connectivity index (χ1v) is 9.60. The molecule has 0 bridgehead atoms. The maximum absolute atomic E-state index is 12.6. The van der Waals surface area contributed by atoms with E-state index in [1.807, 2.05) is 49.2 Å². The molecule has 25 heavy (non-hydrogen) atoms. The number of aryl methyl sites for hydroxylation is 1. The highest BCUT2D eigenvalue weighted by atomic mass is 32.2. The van der Waals surface area contributed by atoms with Gasteiger partial charge in [0.2, 0.25) is 5.91 Å². The zero-order chi connectivity index (χ0) is 17.8. The number of hydrogen-bond acceptors (Lipinski definition) is 5. The van der Waals surface area contributed by atoms with Gasteiger partial charge in [0.1, 0.15) is 11.6 Å². The van der Waals surface area contributed by atoms with E-state index in [0.717, 1.165) is 47.3 Å². The van der Waals surface area contributed by atoms with Gasteiger partial charge in [0.05, 0.1) is 18.0 Å². The number of thioether (sulfide) groups is 1. The Morgan fingerprint density at radius 1 is 1.28 bits per heavy atom. The summed E-state index contributed by atoms with van der Waals surface area (Å²) in [7, 11) is 2.04. The first kappa shape index (κ1) is 17.7. The summed E-state index contributed by atoms with van der Waals surface area (Å²) in [4.78, 5) is 27.0. The maximum atomic E-state index is 12.6. The molecule has 0 aliphatic carbocycles. The highest BCUT2D eigenvalue weighted by Crippen LogP contribution is 2.27. The maximum Gasteiger partial charge on any atom is 0.233 e. The lowest BCUT2D eigenvalue weighted by Gasteiger charge is -2.31. The molecule has 132 valence electrons. The summed E-state index contributed by atoms with van der Waals surface area (Å²) >= 11 is 1.59. The van der Waals surface area contributed by atoms with Crippen LogP contribution in [-0.4, -0.2) is 46.7 Å². The van der Waals surface area contributed by atoms with Crippen LogP contribution in [0.15, 0.2) is 35.2 Å². The molecule has 0 atom stereocenters. The zero-order valence-electron chi connectivity index (χ0n) is 15.0. The SMILES string of the molecule is CCN(C)c1nc(C)nc2c1CN(C(=O)CSc1ccccc1)CC2. The highest BCUT2D eigenvalue weighted by molar-refractivity contribution is 8.00. The molecule has 1 aromatic heterocycles. The first-order chi connectivity index (χ1) is 12.1. The zero-order valence-corrected chi connectivity index (χ0v) is 15.8. The number of carbonyl (C=O) groups excluding carboxylic acids is 1. The Morgan fingerprint density at radius 3 is 2.76 bits per heavy atom. The van der Waals surface area contributed by atoms with Gasteiger partial charge in [-0.25, -0.2) is 9.97 Å². The van der Waals surface area contributed by atoms with Gasteiger partial charge in [0.25, 0.3) is 0 Å². The number of aromatic nitrogens is 2. The van der Waals surface area contributed by atoms with E-state index in [1.54, 1.807) is 11.8 Å². The van der Waals surface area contributed by atoms with Gasteiger partial charge in [-0.3, -0.25) is 4.79 Å². The Labute approximate surface area is 153 Å². The van der Waals surface area contributed by atoms with Gasteiger partial charge >= 0.3 is 0 Å². The van der Waals surface area contributed by atoms with Crippen LogP contribution in [0.25, 0.3) is 0 Å². The molecule has 5 nitrogen and oxygen atoms in total. The van der Waals surface area contributed by atoms with Crippen molar-refractivity contribution in [2.24, 2.45) is 0 Å². The predicted octanol–water partition coefficient (Wildman–Crippen LogP) is 2.92. The van der Waals surface area contributed by atoms with E-state index in [-0.39, 0.29) is 5.91 Å². The van der Waals surface area contributed by atoms with Crippen LogP contribution < -0.4 is 4.90 Å². The molecule has 6 heteroatoms. The number of rotatable bonds is 5. The van der Waals surface area contributed by atoms with Gasteiger partial charge in [0, 0.05) is 37.0 Å². The minimum atomic E-state index is 0.171. The number of hydrogen-bond donors (Lipinski definition) is 0. The summed E-state index contributed by atoms with van der Waals surface area (Å²) < 4.78 is 0. The van der Waals surface area contributed by atoms with E-state index in [9.17, 15) is 4.79 Å². The molecule has 3 rings (SSSR count). The van der Waals surface area contributed by atoms with Crippen molar-refractivity contribution in [1.29, 1.82) is 0 Å². The standard InChI is InChI=1S/C19H24N4OS/c1-4-22(3)19-16-12-23(11-10-17(16)20-14(2)21-19)18(24)13-25-15-8-6-5-7-9-15/h5-9H,4,10-13H2,1-3H3. The average Bonchev–Trinajstić information content (AvgIpc) is 2.65. The van der Waals surface area contributed by atoms with Crippen molar-refractivity contribution in [1.82, 2.24) is 14.9 Å². The fraction of sp³-hybridized carbons (Fsp3) is 0.421. The van der Waals surface area contributed by atoms with Crippen LogP contribution in [0.2, 0.25) is 0 Å². The summed E-state index contributed by atoms with van der Waals surface area (Å²) in [6, 6.07) is 10.1. The van der Waals surface area contributed by atoms with Gasteiger partial charge in [-0.2, -0.15) is 0 Å². The summed E-state index contributed by atoms with van der Waals surface area (Å²) in [6.07, 6.45) is 0.797. The lowest BCUT2D eigenvalue weighted by molar-refractivity contribution is -0.129. The van der Waals surface area contributed by atoms with Crippen LogP contribution in [0.1, 0.15) is 24.0 Å². The summed E-state index contributed by atoms with van der Waals surface area (Å²) in [5, 5.41) is 0. The van der Waals surface area contributed by atoms with Gasteiger partial charge in [-0.05, 0) is 26.0 Å². The number of anilines is 1. The smallest absolute Gasteiger partial charge is 0.233 e. The van der Waals surface area contributed by atoms with Crippen molar-refractivity contribution < 1.29 is 4.79 Å². The molecular weight excluding hydrogens is 332 g/mol. The van der Waals surface area contributed by atoms with Crippen molar-refractivity contribution in [3.05, 3.63) is 47.4 Å². The highest BCUT2D eigenvalue weighted by Gasteiger charge is 2.26. The van der Waals surface area contributed by atoms with E-state index in [1.165, 1.54) is 0 Å². The lowest BCUT2D eigenvalue weighted by Crippen LogP contribution is -2.38. The molecule has 0 radical (unpaired) electrons. The lowest BCUT2D eigenvalue weighted by atomic mass is 10.1. The third-order valence-electron chi connectivity index (χ3n) is 4.44. The van der Waals surface area contributed by atoms with Gasteiger partial charge in [0.15, 0.2) is 0 Å². The Bertz CT molecular complexity index is 751. The van der Waals surface area contributed by atoms with Gasteiger partial charge in [-0.1, -0.05) is 18.2 Å². The number of amides is 1. The summed E-state index contributed by atoms with van der Waals surface area (Å²) in [5.41, 5.74) is 2.18. The molecule has 0 spiro atoms. The molecule has 1 aliphatic rings. The molecule has 0 unspecified atom stereocenters. The van der Waals surface area contributed by atoms with Crippen LogP contribution in [0.4, 0.5) is 5.82 Å². The van der Waals surface area contributed by atoms with E-state index >= 15 is 0 Å². The molecule has 1 aliphatic heterocycles. The minimum absolute atomic E-state index is 0.171. The van der Waals surface area contributed by atoms with E-state index in [0.29, 0.717) is 12.3 Å². The molecule has 2 heterocycles. The predicted molar refractivity (Wildman–Crippen MR) is 102 cm³/mol. The first-order valence-electron chi connectivity index (χ1n) is 8.61. The van der Waals surface area contributed by atoms with Gasteiger partial charge < -0.3 is 9.80 Å². The topological polar surface area (TPSA) is 49.3 Å². The average molecular weight is 356 g/mol. The molecule has 2 aromatic rings. The Kier molecular flexibility index (Phi) is 5.58. The fourth-order valence-electron chi connectivity index (χ4n) is 2.95. The second-order valence-corrected chi connectivity index (χ2v) is 7.25. The number of fused-ring (bicyclic) bond motifs is 1. The van der Waals surface area contributed by atoms with Crippen LogP contribution in [0.5, 0.6) is 0 Å². The normalized spacial score (nSPS) is 13.5. The molecule has 0 saturated heterocycles. The minimum Gasteiger partial charge on any atom is -0.360 e. The number of benzene rings is 1. The summed E-state index contributed by atoms with van der Waals surface area (Å²) in [5.74, 6) is 2.39. The molecule has 1 aromatic carbocycles. The van der Waals surface area contributed by atoms with Crippen molar-refractivity contribution >= 4 is 23.5 Å². The molecule has 1 amide bonds. The van der Waals surface area contributed by atoms with E-state index in [4.69, 9.17) is 0 Å². The quantitative estimate of drug-likeness (QED) is 0.771. The number of carbonyl (C=O) groups is 1. The van der Waals surface area contributed by atoms with Crippen LogP contribution in [0.3, 0.4) is 0 Å². The summed E-state index contributed by atoms with van der Waals surface area (Å²) in [6.45, 7) is 6.24. The van der Waals surface area contributed by atoms with Crippen LogP contribution in [0, 0.1) is 6.92 Å². The largest absolute Gasteiger partial charge is 0.360 e. The third-order valence-corrected chi connectivity index (χ3v) is 5.44. The Balaban J connectivity index is 1.72. The monoisotopic (exact) mass is 356 g/mol. The van der Waals surface area contributed by atoms with Crippen molar-refractivity contribution in [3.63, 3.8) is 0 Å². The molecular formula is C19H24N4OS. The second kappa shape index (κ2) is 7.87. The second-order valence-electron chi connectivity index (χ2n) is 6.20. The van der Waals surface area contributed by atoms with E-state index in [2.05, 4.69) is 21.8 Å². The van der Waals surface area contributed by atoms with Crippen LogP contribution >= 0.6 is 11.8 Å².